The van der Waals surface area contributed by atoms with E-state index >= 15 is 4.39 Å². The van der Waals surface area contributed by atoms with Crippen molar-refractivity contribution in [2.75, 3.05) is 30.4 Å². The molecule has 7 rings (SSSR count). The van der Waals surface area contributed by atoms with Crippen molar-refractivity contribution in [1.82, 2.24) is 4.90 Å². The van der Waals surface area contributed by atoms with Crippen LogP contribution >= 0.6 is 23.2 Å². The number of carbonyl (C=O) groups is 3. The number of benzene rings is 3. The van der Waals surface area contributed by atoms with Gasteiger partial charge in [0.2, 0.25) is 11.8 Å². The highest BCUT2D eigenvalue weighted by Gasteiger charge is 2.70. The van der Waals surface area contributed by atoms with Crippen molar-refractivity contribution in [1.29, 1.82) is 0 Å². The van der Waals surface area contributed by atoms with Gasteiger partial charge in [0.1, 0.15) is 17.0 Å². The zero-order valence-corrected chi connectivity index (χ0v) is 28.0. The van der Waals surface area contributed by atoms with Gasteiger partial charge >= 0.3 is 5.97 Å². The summed E-state index contributed by atoms with van der Waals surface area (Å²) in [6, 6.07) is 13.5. The summed E-state index contributed by atoms with van der Waals surface area (Å²) in [5.41, 5.74) is -1.43. The second kappa shape index (κ2) is 11.5. The monoisotopic (exact) mass is 694 g/mol. The molecule has 3 heterocycles. The number of methoxy groups -OCH3 is 1. The Morgan fingerprint density at radius 3 is 2.56 bits per heavy atom. The number of amides is 2. The number of nitro benzene ring substituents is 1. The van der Waals surface area contributed by atoms with Gasteiger partial charge in [0.25, 0.3) is 5.69 Å². The predicted octanol–water partition coefficient (Wildman–Crippen LogP) is 6.57. The SMILES string of the molecule is COC(=O)C(C)(C)c1ccc(N2CC[C@H]3[C@@H](C2=O)[C@H](c2cccc(Cl)c2F)[C@]2(C(=O)Nc4cc(Cl)ccc42)N3CC2CC2)c([N+](=O)[O-])c1. The molecule has 2 amide bonds. The highest BCUT2D eigenvalue weighted by atomic mass is 35.5. The lowest BCUT2D eigenvalue weighted by Gasteiger charge is -2.40. The van der Waals surface area contributed by atoms with Crippen LogP contribution < -0.4 is 10.2 Å². The molecule has 3 aromatic carbocycles. The molecule has 13 heteroatoms. The fourth-order valence-corrected chi connectivity index (χ4v) is 8.49. The molecule has 0 unspecified atom stereocenters. The van der Waals surface area contributed by atoms with E-state index < -0.39 is 51.4 Å². The van der Waals surface area contributed by atoms with Gasteiger partial charge in [-0.2, -0.15) is 0 Å². The minimum Gasteiger partial charge on any atom is -0.468 e. The van der Waals surface area contributed by atoms with E-state index in [-0.39, 0.29) is 34.4 Å². The summed E-state index contributed by atoms with van der Waals surface area (Å²) in [6.07, 6.45) is 2.30. The maximum Gasteiger partial charge on any atom is 0.315 e. The van der Waals surface area contributed by atoms with Crippen LogP contribution in [0, 0.1) is 27.8 Å². The maximum atomic E-state index is 16.2. The molecular formula is C35H33Cl2FN4O6. The van der Waals surface area contributed by atoms with Gasteiger partial charge in [-0.25, -0.2) is 4.39 Å². The Labute approximate surface area is 286 Å². The largest absolute Gasteiger partial charge is 0.468 e. The number of likely N-dealkylation sites (tertiary alicyclic amines) is 1. The van der Waals surface area contributed by atoms with Gasteiger partial charge in [0.05, 0.1) is 28.4 Å². The molecule has 3 fully saturated rings. The average molecular weight is 696 g/mol. The lowest BCUT2D eigenvalue weighted by Crippen LogP contribution is -2.54. The van der Waals surface area contributed by atoms with Gasteiger partial charge in [0.15, 0.2) is 0 Å². The minimum atomic E-state index is -1.48. The molecule has 1 spiro atoms. The fourth-order valence-electron chi connectivity index (χ4n) is 8.13. The van der Waals surface area contributed by atoms with Gasteiger partial charge in [-0.1, -0.05) is 47.5 Å². The number of esters is 1. The van der Waals surface area contributed by atoms with E-state index in [1.54, 1.807) is 50.2 Å². The number of nitrogens with one attached hydrogen (secondary N) is 1. The van der Waals surface area contributed by atoms with E-state index in [9.17, 15) is 24.5 Å². The Morgan fingerprint density at radius 2 is 1.88 bits per heavy atom. The molecule has 250 valence electrons. The molecule has 0 bridgehead atoms. The first-order valence-electron chi connectivity index (χ1n) is 15.8. The molecule has 2 saturated heterocycles. The fraction of sp³-hybridized carbons (Fsp3) is 0.400. The third-order valence-corrected chi connectivity index (χ3v) is 11.1. The molecule has 0 radical (unpaired) electrons. The number of nitrogens with zero attached hydrogens (tertiary/aromatic N) is 3. The molecule has 0 aromatic heterocycles. The summed E-state index contributed by atoms with van der Waals surface area (Å²) in [6.45, 7) is 3.84. The summed E-state index contributed by atoms with van der Waals surface area (Å²) in [5, 5.41) is 15.7. The summed E-state index contributed by atoms with van der Waals surface area (Å²) in [7, 11) is 1.24. The Kier molecular flexibility index (Phi) is 7.80. The number of hydrogen-bond donors (Lipinski definition) is 1. The van der Waals surface area contributed by atoms with Gasteiger partial charge in [-0.15, -0.1) is 0 Å². The van der Waals surface area contributed by atoms with Crippen molar-refractivity contribution < 1.29 is 28.4 Å². The lowest BCUT2D eigenvalue weighted by atomic mass is 9.70. The van der Waals surface area contributed by atoms with E-state index in [2.05, 4.69) is 10.2 Å². The third kappa shape index (κ3) is 4.73. The summed E-state index contributed by atoms with van der Waals surface area (Å²) >= 11 is 12.7. The van der Waals surface area contributed by atoms with Crippen LogP contribution in [0.3, 0.4) is 0 Å². The molecule has 3 aliphatic heterocycles. The number of ether oxygens (including phenoxy) is 1. The number of nitro groups is 1. The minimum absolute atomic E-state index is 0.0518. The Bertz CT molecular complexity index is 1900. The van der Waals surface area contributed by atoms with Crippen molar-refractivity contribution in [3.63, 3.8) is 0 Å². The highest BCUT2D eigenvalue weighted by molar-refractivity contribution is 6.31. The molecule has 4 atom stereocenters. The highest BCUT2D eigenvalue weighted by Crippen LogP contribution is 2.62. The van der Waals surface area contributed by atoms with Crippen molar-refractivity contribution >= 4 is 58.0 Å². The third-order valence-electron chi connectivity index (χ3n) is 10.6. The number of anilines is 2. The second-order valence-corrected chi connectivity index (χ2v) is 14.4. The van der Waals surface area contributed by atoms with Gasteiger partial charge in [0, 0.05) is 47.4 Å². The van der Waals surface area contributed by atoms with Crippen LogP contribution in [0.5, 0.6) is 0 Å². The average Bonchev–Trinajstić information content (AvgIpc) is 3.77. The van der Waals surface area contributed by atoms with Crippen molar-refractivity contribution in [2.24, 2.45) is 11.8 Å². The van der Waals surface area contributed by atoms with Gasteiger partial charge in [-0.3, -0.25) is 29.4 Å². The molecule has 48 heavy (non-hydrogen) atoms. The van der Waals surface area contributed by atoms with E-state index in [1.807, 2.05) is 0 Å². The van der Waals surface area contributed by atoms with E-state index in [0.29, 0.717) is 40.7 Å². The summed E-state index contributed by atoms with van der Waals surface area (Å²) in [5.74, 6) is -3.86. The molecule has 3 aromatic rings. The van der Waals surface area contributed by atoms with Crippen LogP contribution in [-0.4, -0.2) is 53.8 Å². The van der Waals surface area contributed by atoms with Crippen LogP contribution in [0.4, 0.5) is 21.5 Å². The molecular weight excluding hydrogens is 662 g/mol. The second-order valence-electron chi connectivity index (χ2n) is 13.6. The van der Waals surface area contributed by atoms with Crippen molar-refractivity contribution in [3.05, 3.63) is 97.3 Å². The van der Waals surface area contributed by atoms with Crippen LogP contribution in [0.2, 0.25) is 10.0 Å². The first-order chi connectivity index (χ1) is 22.8. The number of halogens is 3. The molecule has 4 aliphatic rings. The molecule has 1 N–H and O–H groups in total. The lowest BCUT2D eigenvalue weighted by molar-refractivity contribution is -0.384. The number of piperidine rings is 1. The maximum absolute atomic E-state index is 16.2. The number of carbonyl (C=O) groups excluding carboxylic acids is 3. The van der Waals surface area contributed by atoms with Crippen LogP contribution in [0.15, 0.2) is 54.6 Å². The summed E-state index contributed by atoms with van der Waals surface area (Å²) in [4.78, 5) is 57.4. The smallest absolute Gasteiger partial charge is 0.315 e. The van der Waals surface area contributed by atoms with Crippen molar-refractivity contribution in [3.8, 4) is 0 Å². The summed E-state index contributed by atoms with van der Waals surface area (Å²) < 4.78 is 21.2. The zero-order chi connectivity index (χ0) is 34.3. The van der Waals surface area contributed by atoms with Crippen LogP contribution in [0.25, 0.3) is 0 Å². The Morgan fingerprint density at radius 1 is 1.12 bits per heavy atom. The van der Waals surface area contributed by atoms with E-state index in [0.717, 1.165) is 12.8 Å². The Balaban J connectivity index is 1.41. The van der Waals surface area contributed by atoms with E-state index in [4.69, 9.17) is 27.9 Å². The van der Waals surface area contributed by atoms with Gasteiger partial charge < -0.3 is 15.0 Å². The quantitative estimate of drug-likeness (QED) is 0.169. The van der Waals surface area contributed by atoms with Gasteiger partial charge in [-0.05, 0) is 74.4 Å². The molecule has 1 saturated carbocycles. The molecule has 10 nitrogen and oxygen atoms in total. The topological polar surface area (TPSA) is 122 Å². The standard InChI is InChI=1S/C35H33Cl2FN4O6/c1-34(2,33(45)48-3)19-9-12-25(27(15-19)42(46)47)40-14-13-26-28(31(40)43)29(21-5-4-6-23(37)30(21)38)35(41(26)17-18-7-8-18)22-11-10-20(36)16-24(22)39-32(35)44/h4-6,9-12,15-16,18,26,28-29H,7-8,13-14,17H2,1-3H3,(H,39,44)/t26-,28+,29-,35+/m0/s1. The normalized spacial score (nSPS) is 25.2. The molecule has 1 aliphatic carbocycles. The van der Waals surface area contributed by atoms with Crippen molar-refractivity contribution in [2.45, 2.75) is 56.0 Å². The number of hydrogen-bond acceptors (Lipinski definition) is 7. The number of rotatable bonds is 7. The van der Waals surface area contributed by atoms with E-state index in [1.165, 1.54) is 30.2 Å². The number of fused-ring (bicyclic) bond motifs is 3. The zero-order valence-electron chi connectivity index (χ0n) is 26.5. The predicted molar refractivity (Wildman–Crippen MR) is 178 cm³/mol. The van der Waals surface area contributed by atoms with Crippen LogP contribution in [0.1, 0.15) is 55.7 Å². The van der Waals surface area contributed by atoms with Crippen LogP contribution in [-0.2, 0) is 30.1 Å². The first-order valence-corrected chi connectivity index (χ1v) is 16.6. The first kappa shape index (κ1) is 32.5. The Hall–Kier alpha value is -4.06.